The summed E-state index contributed by atoms with van der Waals surface area (Å²) in [5.41, 5.74) is -0.460. The van der Waals surface area contributed by atoms with Gasteiger partial charge in [-0.3, -0.25) is 4.79 Å². The van der Waals surface area contributed by atoms with E-state index in [1.807, 2.05) is 0 Å². The van der Waals surface area contributed by atoms with Crippen LogP contribution in [-0.2, 0) is 32.2 Å². The molecule has 0 saturated carbocycles. The molecule has 1 fully saturated rings. The third-order valence-corrected chi connectivity index (χ3v) is 6.98. The lowest BCUT2D eigenvalue weighted by Crippen LogP contribution is -2.48. The van der Waals surface area contributed by atoms with Crippen molar-refractivity contribution in [1.29, 1.82) is 0 Å². The highest BCUT2D eigenvalue weighted by Gasteiger charge is 2.32. The fourth-order valence-corrected chi connectivity index (χ4v) is 4.80. The number of benzene rings is 1. The van der Waals surface area contributed by atoms with E-state index in [-0.39, 0.29) is 37.5 Å². The lowest BCUT2D eigenvalue weighted by Gasteiger charge is -2.34. The maximum Gasteiger partial charge on any atom is 0.417 e. The van der Waals surface area contributed by atoms with Crippen molar-refractivity contribution in [3.05, 3.63) is 47.7 Å². The molecule has 0 amide bonds. The van der Waals surface area contributed by atoms with Crippen LogP contribution in [0.3, 0.4) is 0 Å². The molecule has 0 radical (unpaired) electrons. The number of piperazine rings is 1. The maximum absolute atomic E-state index is 13.1. The van der Waals surface area contributed by atoms with Crippen molar-refractivity contribution in [2.24, 2.45) is 0 Å². The SMILES string of the molecule is COC(=O)Cc1cc(S(=O)(=O)N2CCN(c3ccc(C(F)(F)F)cn3)CC2)ccc1OC. The Bertz CT molecular complexity index is 1070. The average molecular weight is 473 g/mol. The Morgan fingerprint density at radius 1 is 1.09 bits per heavy atom. The Morgan fingerprint density at radius 3 is 2.31 bits per heavy atom. The van der Waals surface area contributed by atoms with Crippen molar-refractivity contribution in [2.45, 2.75) is 17.5 Å². The summed E-state index contributed by atoms with van der Waals surface area (Å²) in [6.07, 6.45) is -3.85. The van der Waals surface area contributed by atoms with Crippen LogP contribution in [0, 0.1) is 0 Å². The molecule has 1 aliphatic rings. The summed E-state index contributed by atoms with van der Waals surface area (Å²) in [5.74, 6) is 0.183. The third kappa shape index (κ3) is 5.13. The second kappa shape index (κ2) is 9.33. The van der Waals surface area contributed by atoms with Crippen molar-refractivity contribution in [3.63, 3.8) is 0 Å². The molecule has 0 aliphatic carbocycles. The van der Waals surface area contributed by atoms with Crippen LogP contribution in [0.25, 0.3) is 0 Å². The molecule has 2 aromatic rings. The number of nitrogens with zero attached hydrogens (tertiary/aromatic N) is 3. The molecule has 1 aromatic heterocycles. The minimum absolute atomic E-state index is 0.0123. The zero-order chi connectivity index (χ0) is 23.5. The van der Waals surface area contributed by atoms with Crippen LogP contribution >= 0.6 is 0 Å². The van der Waals surface area contributed by atoms with Gasteiger partial charge >= 0.3 is 12.1 Å². The summed E-state index contributed by atoms with van der Waals surface area (Å²) >= 11 is 0. The molecule has 1 saturated heterocycles. The predicted octanol–water partition coefficient (Wildman–Crippen LogP) is 2.34. The minimum atomic E-state index is -4.47. The zero-order valence-electron chi connectivity index (χ0n) is 17.4. The van der Waals surface area contributed by atoms with E-state index in [9.17, 15) is 26.4 Å². The zero-order valence-corrected chi connectivity index (χ0v) is 18.2. The van der Waals surface area contributed by atoms with Gasteiger partial charge in [-0.25, -0.2) is 13.4 Å². The average Bonchev–Trinajstić information content (AvgIpc) is 2.78. The first-order chi connectivity index (χ1) is 15.1. The second-order valence-corrected chi connectivity index (χ2v) is 8.96. The van der Waals surface area contributed by atoms with E-state index in [0.717, 1.165) is 12.3 Å². The van der Waals surface area contributed by atoms with Gasteiger partial charge < -0.3 is 14.4 Å². The summed E-state index contributed by atoms with van der Waals surface area (Å²) in [7, 11) is -1.20. The van der Waals surface area contributed by atoms with Gasteiger partial charge in [0, 0.05) is 37.9 Å². The highest BCUT2D eigenvalue weighted by atomic mass is 32.2. The molecule has 0 unspecified atom stereocenters. The number of hydrogen-bond donors (Lipinski definition) is 0. The number of carbonyl (C=O) groups is 1. The number of anilines is 1. The molecule has 8 nitrogen and oxygen atoms in total. The Balaban J connectivity index is 1.73. The van der Waals surface area contributed by atoms with Crippen LogP contribution in [-0.4, -0.2) is 64.1 Å². The number of alkyl halides is 3. The number of carbonyl (C=O) groups excluding carboxylic acids is 1. The molecule has 1 aliphatic heterocycles. The third-order valence-electron chi connectivity index (χ3n) is 5.09. The number of pyridine rings is 1. The van der Waals surface area contributed by atoms with Crippen LogP contribution in [0.4, 0.5) is 19.0 Å². The van der Waals surface area contributed by atoms with E-state index in [4.69, 9.17) is 4.74 Å². The van der Waals surface area contributed by atoms with Crippen LogP contribution < -0.4 is 9.64 Å². The normalized spacial score (nSPS) is 15.5. The fraction of sp³-hybridized carbons (Fsp3) is 0.400. The molecule has 1 aromatic carbocycles. The van der Waals surface area contributed by atoms with Gasteiger partial charge in [-0.15, -0.1) is 0 Å². The first-order valence-electron chi connectivity index (χ1n) is 9.58. The molecule has 0 N–H and O–H groups in total. The van der Waals surface area contributed by atoms with Gasteiger partial charge in [0.15, 0.2) is 0 Å². The smallest absolute Gasteiger partial charge is 0.417 e. The van der Waals surface area contributed by atoms with Crippen LogP contribution in [0.2, 0.25) is 0 Å². The summed E-state index contributed by atoms with van der Waals surface area (Å²) in [5, 5.41) is 0. The van der Waals surface area contributed by atoms with E-state index in [0.29, 0.717) is 17.1 Å². The monoisotopic (exact) mass is 473 g/mol. The number of ether oxygens (including phenoxy) is 2. The van der Waals surface area contributed by atoms with Crippen LogP contribution in [0.5, 0.6) is 5.75 Å². The van der Waals surface area contributed by atoms with Crippen molar-refractivity contribution in [1.82, 2.24) is 9.29 Å². The lowest BCUT2D eigenvalue weighted by molar-refractivity contribution is -0.140. The molecular formula is C20H22F3N3O5S. The maximum atomic E-state index is 13.1. The second-order valence-electron chi connectivity index (χ2n) is 7.02. The summed E-state index contributed by atoms with van der Waals surface area (Å²) in [6, 6.07) is 6.49. The minimum Gasteiger partial charge on any atom is -0.496 e. The molecule has 0 atom stereocenters. The number of hydrogen-bond acceptors (Lipinski definition) is 7. The van der Waals surface area contributed by atoms with Gasteiger partial charge in [0.1, 0.15) is 11.6 Å². The Hall–Kier alpha value is -2.86. The van der Waals surface area contributed by atoms with E-state index < -0.39 is 27.7 Å². The van der Waals surface area contributed by atoms with Gasteiger partial charge in [-0.1, -0.05) is 0 Å². The van der Waals surface area contributed by atoms with Gasteiger partial charge in [-0.2, -0.15) is 17.5 Å². The Labute approximate surface area is 183 Å². The molecule has 2 heterocycles. The largest absolute Gasteiger partial charge is 0.496 e. The number of sulfonamides is 1. The molecule has 32 heavy (non-hydrogen) atoms. The predicted molar refractivity (Wildman–Crippen MR) is 109 cm³/mol. The van der Waals surface area contributed by atoms with Crippen LogP contribution in [0.1, 0.15) is 11.1 Å². The highest BCUT2D eigenvalue weighted by molar-refractivity contribution is 7.89. The quantitative estimate of drug-likeness (QED) is 0.595. The van der Waals surface area contributed by atoms with Gasteiger partial charge in [0.25, 0.3) is 0 Å². The number of rotatable bonds is 6. The van der Waals surface area contributed by atoms with Crippen molar-refractivity contribution < 1.29 is 35.9 Å². The van der Waals surface area contributed by atoms with Crippen molar-refractivity contribution >= 4 is 21.8 Å². The number of halogens is 3. The van der Waals surface area contributed by atoms with E-state index in [2.05, 4.69) is 9.72 Å². The summed E-state index contributed by atoms with van der Waals surface area (Å²) in [6.45, 7) is 0.790. The molecule has 0 spiro atoms. The first kappa shape index (κ1) is 23.8. The Kier molecular flexibility index (Phi) is 6.94. The lowest BCUT2D eigenvalue weighted by atomic mass is 10.1. The molecule has 12 heteroatoms. The summed E-state index contributed by atoms with van der Waals surface area (Å²) < 4.78 is 75.5. The van der Waals surface area contributed by atoms with E-state index in [1.54, 1.807) is 4.90 Å². The van der Waals surface area contributed by atoms with E-state index in [1.165, 1.54) is 42.8 Å². The summed E-state index contributed by atoms with van der Waals surface area (Å²) in [4.78, 5) is 17.2. The number of methoxy groups -OCH3 is 2. The van der Waals surface area contributed by atoms with Gasteiger partial charge in [0.2, 0.25) is 10.0 Å². The van der Waals surface area contributed by atoms with Crippen molar-refractivity contribution in [3.8, 4) is 5.75 Å². The van der Waals surface area contributed by atoms with Crippen molar-refractivity contribution in [2.75, 3.05) is 45.3 Å². The first-order valence-corrected chi connectivity index (χ1v) is 11.0. The molecule has 3 rings (SSSR count). The van der Waals surface area contributed by atoms with Gasteiger partial charge in [-0.05, 0) is 30.3 Å². The standard InChI is InChI=1S/C20H22F3N3O5S/c1-30-17-5-4-16(11-14(17)12-19(27)31-2)32(28,29)26-9-7-25(8-10-26)18-6-3-15(13-24-18)20(21,22)23/h3-6,11,13H,7-10,12H2,1-2H3. The fourth-order valence-electron chi connectivity index (χ4n) is 3.33. The molecule has 174 valence electrons. The number of esters is 1. The van der Waals surface area contributed by atoms with E-state index >= 15 is 0 Å². The van der Waals surface area contributed by atoms with Gasteiger partial charge in [0.05, 0.1) is 31.1 Å². The topological polar surface area (TPSA) is 89.0 Å². The molecular weight excluding hydrogens is 451 g/mol. The highest BCUT2D eigenvalue weighted by Crippen LogP contribution is 2.30. The van der Waals surface area contributed by atoms with Crippen LogP contribution in [0.15, 0.2) is 41.4 Å². The molecule has 0 bridgehead atoms. The Morgan fingerprint density at radius 2 is 1.78 bits per heavy atom. The number of aromatic nitrogens is 1.